The first kappa shape index (κ1) is 28.8. The molecule has 3 aromatic heterocycles. The molecule has 0 unspecified atom stereocenters. The Morgan fingerprint density at radius 2 is 0.714 bits per heavy atom. The summed E-state index contributed by atoms with van der Waals surface area (Å²) in [5, 5.41) is 2.35. The average molecular weight is 646 g/mol. The molecule has 0 atom stereocenters. The molecular weight excluding hydrogens is 619 g/mol. The van der Waals surface area contributed by atoms with Gasteiger partial charge < -0.3 is 0 Å². The normalized spacial score (nSPS) is 11.3. The largest absolute Gasteiger partial charge is 0.228 e. The van der Waals surface area contributed by atoms with Crippen LogP contribution in [0.5, 0.6) is 0 Å². The molecule has 0 aliphatic rings. The lowest BCUT2D eigenvalue weighted by molar-refractivity contribution is 1.07. The Morgan fingerprint density at radius 1 is 0.286 bits per heavy atom. The van der Waals surface area contributed by atoms with Gasteiger partial charge in [0.25, 0.3) is 0 Å². The molecule has 0 bridgehead atoms. The zero-order valence-corrected chi connectivity index (χ0v) is 27.0. The standard InChI is InChI=1S/C43H27N5S/c1-5-13-28(14-6-1)36-27-37(29-15-7-2-8-16-29)45-42(44-36)32-22-24-38-35(25-32)34-23-21-33(26-39(34)49-38)43-47-40(30-17-9-3-10-18-30)46-41(48-43)31-19-11-4-12-20-31/h1-27H. The maximum absolute atomic E-state index is 5.06. The van der Waals surface area contributed by atoms with Crippen molar-refractivity contribution in [1.82, 2.24) is 24.9 Å². The smallest absolute Gasteiger partial charge is 0.164 e. The maximum Gasteiger partial charge on any atom is 0.164 e. The first-order chi connectivity index (χ1) is 24.2. The molecule has 0 N–H and O–H groups in total. The molecule has 0 aliphatic carbocycles. The molecule has 0 fully saturated rings. The van der Waals surface area contributed by atoms with Crippen LogP contribution in [0.2, 0.25) is 0 Å². The van der Waals surface area contributed by atoms with Gasteiger partial charge in [-0.25, -0.2) is 24.9 Å². The Kier molecular flexibility index (Phi) is 7.26. The van der Waals surface area contributed by atoms with E-state index < -0.39 is 0 Å². The molecule has 230 valence electrons. The van der Waals surface area contributed by atoms with Gasteiger partial charge in [0, 0.05) is 53.6 Å². The van der Waals surface area contributed by atoms with Crippen molar-refractivity contribution < 1.29 is 0 Å². The zero-order valence-electron chi connectivity index (χ0n) is 26.2. The minimum absolute atomic E-state index is 0.646. The minimum Gasteiger partial charge on any atom is -0.228 e. The van der Waals surface area contributed by atoms with Gasteiger partial charge in [0.2, 0.25) is 0 Å². The number of hydrogen-bond acceptors (Lipinski definition) is 6. The van der Waals surface area contributed by atoms with Crippen LogP contribution < -0.4 is 0 Å². The molecule has 5 nitrogen and oxygen atoms in total. The van der Waals surface area contributed by atoms with Crippen molar-refractivity contribution in [1.29, 1.82) is 0 Å². The molecule has 3 heterocycles. The van der Waals surface area contributed by atoms with Crippen molar-refractivity contribution in [2.75, 3.05) is 0 Å². The predicted molar refractivity (Wildman–Crippen MR) is 201 cm³/mol. The van der Waals surface area contributed by atoms with E-state index in [0.717, 1.165) is 49.5 Å². The van der Waals surface area contributed by atoms with E-state index in [2.05, 4.69) is 66.7 Å². The summed E-state index contributed by atoms with van der Waals surface area (Å²) in [6.45, 7) is 0. The minimum atomic E-state index is 0.646. The number of nitrogens with zero attached hydrogens (tertiary/aromatic N) is 5. The zero-order chi connectivity index (χ0) is 32.6. The third-order valence-electron chi connectivity index (χ3n) is 8.55. The Morgan fingerprint density at radius 3 is 1.24 bits per heavy atom. The van der Waals surface area contributed by atoms with E-state index in [9.17, 15) is 0 Å². The van der Waals surface area contributed by atoms with Gasteiger partial charge >= 0.3 is 0 Å². The first-order valence-corrected chi connectivity index (χ1v) is 16.9. The summed E-state index contributed by atoms with van der Waals surface area (Å²) in [6, 6.07) is 55.8. The van der Waals surface area contributed by atoms with Crippen LogP contribution in [0.1, 0.15) is 0 Å². The van der Waals surface area contributed by atoms with Crippen LogP contribution in [0.25, 0.3) is 88.2 Å². The van der Waals surface area contributed by atoms with E-state index in [0.29, 0.717) is 23.3 Å². The molecule has 0 saturated heterocycles. The Hall–Kier alpha value is -6.37. The molecule has 6 heteroatoms. The van der Waals surface area contributed by atoms with Gasteiger partial charge in [-0.1, -0.05) is 133 Å². The van der Waals surface area contributed by atoms with Crippen LogP contribution in [-0.4, -0.2) is 24.9 Å². The summed E-state index contributed by atoms with van der Waals surface area (Å²) in [6.07, 6.45) is 0. The molecule has 49 heavy (non-hydrogen) atoms. The number of thiophene rings is 1. The van der Waals surface area contributed by atoms with E-state index in [1.54, 1.807) is 11.3 Å². The summed E-state index contributed by atoms with van der Waals surface area (Å²) in [7, 11) is 0. The molecule has 0 saturated carbocycles. The highest BCUT2D eigenvalue weighted by Crippen LogP contribution is 2.38. The molecule has 0 aliphatic heterocycles. The topological polar surface area (TPSA) is 64.5 Å². The average Bonchev–Trinajstić information content (AvgIpc) is 3.56. The Balaban J connectivity index is 1.15. The first-order valence-electron chi connectivity index (χ1n) is 16.1. The number of benzene rings is 6. The lowest BCUT2D eigenvalue weighted by atomic mass is 10.0. The van der Waals surface area contributed by atoms with Crippen LogP contribution in [0.3, 0.4) is 0 Å². The van der Waals surface area contributed by atoms with Gasteiger partial charge in [0.15, 0.2) is 23.3 Å². The summed E-state index contributed by atoms with van der Waals surface area (Å²) < 4.78 is 2.36. The van der Waals surface area contributed by atoms with Crippen molar-refractivity contribution >= 4 is 31.5 Å². The number of fused-ring (bicyclic) bond motifs is 3. The summed E-state index contributed by atoms with van der Waals surface area (Å²) in [5.41, 5.74) is 7.73. The fraction of sp³-hybridized carbons (Fsp3) is 0. The number of rotatable bonds is 6. The quantitative estimate of drug-likeness (QED) is 0.180. The van der Waals surface area contributed by atoms with Crippen molar-refractivity contribution in [2.45, 2.75) is 0 Å². The van der Waals surface area contributed by atoms with Gasteiger partial charge in [-0.2, -0.15) is 0 Å². The Bertz CT molecular complexity index is 2470. The summed E-state index contributed by atoms with van der Waals surface area (Å²) >= 11 is 1.76. The number of hydrogen-bond donors (Lipinski definition) is 0. The maximum atomic E-state index is 5.06. The molecule has 9 aromatic rings. The predicted octanol–water partition coefficient (Wildman–Crippen LogP) is 11.0. The summed E-state index contributed by atoms with van der Waals surface area (Å²) in [5.74, 6) is 2.65. The second-order valence-corrected chi connectivity index (χ2v) is 12.8. The molecule has 0 amide bonds. The van der Waals surface area contributed by atoms with Gasteiger partial charge in [0.1, 0.15) is 0 Å². The highest BCUT2D eigenvalue weighted by atomic mass is 32.1. The highest BCUT2D eigenvalue weighted by Gasteiger charge is 2.16. The van der Waals surface area contributed by atoms with E-state index in [1.807, 2.05) is 97.1 Å². The van der Waals surface area contributed by atoms with Crippen molar-refractivity contribution in [3.8, 4) is 68.1 Å². The summed E-state index contributed by atoms with van der Waals surface area (Å²) in [4.78, 5) is 24.9. The Labute approximate surface area is 287 Å². The van der Waals surface area contributed by atoms with E-state index >= 15 is 0 Å². The van der Waals surface area contributed by atoms with Crippen molar-refractivity contribution in [2.24, 2.45) is 0 Å². The van der Waals surface area contributed by atoms with E-state index in [4.69, 9.17) is 24.9 Å². The van der Waals surface area contributed by atoms with Gasteiger partial charge in [-0.05, 0) is 30.3 Å². The van der Waals surface area contributed by atoms with Crippen molar-refractivity contribution in [3.63, 3.8) is 0 Å². The van der Waals surface area contributed by atoms with Crippen LogP contribution in [0, 0.1) is 0 Å². The molecule has 0 spiro atoms. The van der Waals surface area contributed by atoms with Gasteiger partial charge in [-0.15, -0.1) is 11.3 Å². The van der Waals surface area contributed by atoms with Gasteiger partial charge in [0.05, 0.1) is 11.4 Å². The van der Waals surface area contributed by atoms with E-state index in [1.165, 1.54) is 15.5 Å². The third kappa shape index (κ3) is 5.64. The van der Waals surface area contributed by atoms with Crippen LogP contribution in [0.4, 0.5) is 0 Å². The van der Waals surface area contributed by atoms with Gasteiger partial charge in [-0.3, -0.25) is 0 Å². The monoisotopic (exact) mass is 645 g/mol. The molecule has 6 aromatic carbocycles. The van der Waals surface area contributed by atoms with Crippen molar-refractivity contribution in [3.05, 3.63) is 164 Å². The number of aromatic nitrogens is 5. The third-order valence-corrected chi connectivity index (χ3v) is 9.69. The van der Waals surface area contributed by atoms with E-state index in [-0.39, 0.29) is 0 Å². The lowest BCUT2D eigenvalue weighted by Gasteiger charge is -2.09. The van der Waals surface area contributed by atoms with Crippen LogP contribution >= 0.6 is 11.3 Å². The fourth-order valence-electron chi connectivity index (χ4n) is 6.08. The molecule has 9 rings (SSSR count). The highest BCUT2D eigenvalue weighted by molar-refractivity contribution is 7.25. The second-order valence-electron chi connectivity index (χ2n) is 11.8. The van der Waals surface area contributed by atoms with Crippen LogP contribution in [-0.2, 0) is 0 Å². The SMILES string of the molecule is c1ccc(-c2cc(-c3ccccc3)nc(-c3ccc4sc5cc(-c6nc(-c7ccccc7)nc(-c7ccccc7)n6)ccc5c4c3)n2)cc1. The van der Waals surface area contributed by atoms with Crippen LogP contribution in [0.15, 0.2) is 164 Å². The molecule has 0 radical (unpaired) electrons. The fourth-order valence-corrected chi connectivity index (χ4v) is 7.21. The molecular formula is C43H27N5S. The lowest BCUT2D eigenvalue weighted by Crippen LogP contribution is -1.99. The second kappa shape index (κ2) is 12.3.